The minimum Gasteiger partial charge on any atom is -0.393 e. The summed E-state index contributed by atoms with van der Waals surface area (Å²) >= 11 is 0. The van der Waals surface area contributed by atoms with Gasteiger partial charge in [-0.05, 0) is 74.3 Å². The molecule has 3 heteroatoms. The number of hydrogen-bond donors (Lipinski definition) is 3. The molecule has 1 unspecified atom stereocenters. The van der Waals surface area contributed by atoms with Crippen LogP contribution in [0.2, 0.25) is 0 Å². The van der Waals surface area contributed by atoms with Crippen LogP contribution in [0.15, 0.2) is 35.5 Å². The minimum absolute atomic E-state index is 0.268. The van der Waals surface area contributed by atoms with Crippen LogP contribution >= 0.6 is 0 Å². The van der Waals surface area contributed by atoms with Crippen molar-refractivity contribution in [1.29, 1.82) is 0 Å². The van der Waals surface area contributed by atoms with Gasteiger partial charge in [0.05, 0.1) is 17.7 Å². The third kappa shape index (κ3) is 6.85. The van der Waals surface area contributed by atoms with E-state index in [9.17, 15) is 10.2 Å². The number of allylic oxidation sites excluding steroid dienone is 3. The first-order chi connectivity index (χ1) is 13.4. The molecule has 29 heavy (non-hydrogen) atoms. The molecule has 5 atom stereocenters. The monoisotopic (exact) mass is 399 g/mol. The van der Waals surface area contributed by atoms with Crippen LogP contribution in [0.1, 0.15) is 79.6 Å². The summed E-state index contributed by atoms with van der Waals surface area (Å²) in [7, 11) is 0. The molecule has 0 spiro atoms. The fourth-order valence-corrected chi connectivity index (χ4v) is 4.87. The molecule has 2 aliphatic carbocycles. The van der Waals surface area contributed by atoms with Crippen LogP contribution in [0.5, 0.6) is 0 Å². The first-order valence-corrected chi connectivity index (χ1v) is 11.1. The molecule has 0 aromatic rings. The summed E-state index contributed by atoms with van der Waals surface area (Å²) in [5.74, 6) is 7.47. The van der Waals surface area contributed by atoms with Gasteiger partial charge in [-0.1, -0.05) is 51.0 Å². The van der Waals surface area contributed by atoms with E-state index in [1.54, 1.807) is 0 Å². The van der Waals surface area contributed by atoms with Gasteiger partial charge in [0.25, 0.3) is 0 Å². The Bertz CT molecular complexity index is 715. The Morgan fingerprint density at radius 1 is 1.34 bits per heavy atom. The van der Waals surface area contributed by atoms with E-state index in [-0.39, 0.29) is 5.41 Å². The SMILES string of the molecule is C=C1/C(=C\C=C2/CCC[C@](C)(C[C@@H](C)CC#CC(C)(C)N)C2C)C[C@@H](O)C[C@@H]1O. The molecule has 3 nitrogen and oxygen atoms in total. The van der Waals surface area contributed by atoms with E-state index in [4.69, 9.17) is 5.73 Å². The fraction of sp³-hybridized carbons (Fsp3) is 0.692. The van der Waals surface area contributed by atoms with Gasteiger partial charge in [-0.2, -0.15) is 0 Å². The van der Waals surface area contributed by atoms with Crippen LogP contribution in [-0.2, 0) is 0 Å². The van der Waals surface area contributed by atoms with Crippen LogP contribution in [0, 0.1) is 29.1 Å². The highest BCUT2D eigenvalue weighted by molar-refractivity contribution is 5.38. The molecule has 4 N–H and O–H groups in total. The zero-order valence-electron chi connectivity index (χ0n) is 19.1. The van der Waals surface area contributed by atoms with E-state index in [1.807, 2.05) is 13.8 Å². The van der Waals surface area contributed by atoms with Crippen molar-refractivity contribution in [3.05, 3.63) is 35.5 Å². The number of hydrogen-bond acceptors (Lipinski definition) is 3. The number of nitrogens with two attached hydrogens (primary N) is 1. The number of rotatable bonds is 4. The third-order valence-corrected chi connectivity index (χ3v) is 6.75. The number of aliphatic hydroxyl groups excluding tert-OH is 2. The van der Waals surface area contributed by atoms with Crippen molar-refractivity contribution in [3.63, 3.8) is 0 Å². The summed E-state index contributed by atoms with van der Waals surface area (Å²) < 4.78 is 0. The van der Waals surface area contributed by atoms with Crippen LogP contribution < -0.4 is 5.73 Å². The van der Waals surface area contributed by atoms with Crippen molar-refractivity contribution in [1.82, 2.24) is 0 Å². The largest absolute Gasteiger partial charge is 0.393 e. The Hall–Kier alpha value is -1.34. The van der Waals surface area contributed by atoms with E-state index in [0.717, 1.165) is 30.4 Å². The molecule has 0 bridgehead atoms. The first-order valence-electron chi connectivity index (χ1n) is 11.1. The Morgan fingerprint density at radius 3 is 2.69 bits per heavy atom. The summed E-state index contributed by atoms with van der Waals surface area (Å²) in [6.45, 7) is 15.0. The molecule has 2 saturated carbocycles. The lowest BCUT2D eigenvalue weighted by molar-refractivity contribution is 0.0862. The summed E-state index contributed by atoms with van der Waals surface area (Å²) in [6.07, 6.45) is 9.80. The lowest BCUT2D eigenvalue weighted by Crippen LogP contribution is -2.32. The smallest absolute Gasteiger partial charge is 0.0811 e. The summed E-state index contributed by atoms with van der Waals surface area (Å²) in [6, 6.07) is 0. The highest BCUT2D eigenvalue weighted by Crippen LogP contribution is 2.48. The molecule has 0 aromatic heterocycles. The average Bonchev–Trinajstić information content (AvgIpc) is 2.59. The predicted octanol–water partition coefficient (Wildman–Crippen LogP) is 4.89. The summed E-state index contributed by atoms with van der Waals surface area (Å²) in [5, 5.41) is 20.0. The van der Waals surface area contributed by atoms with Crippen LogP contribution in [-0.4, -0.2) is 28.0 Å². The Kier molecular flexibility index (Phi) is 7.96. The van der Waals surface area contributed by atoms with Gasteiger partial charge >= 0.3 is 0 Å². The molecule has 0 radical (unpaired) electrons. The third-order valence-electron chi connectivity index (χ3n) is 6.75. The van der Waals surface area contributed by atoms with Crippen molar-refractivity contribution >= 4 is 0 Å². The first kappa shape index (κ1) is 23.9. The van der Waals surface area contributed by atoms with Gasteiger partial charge in [0.2, 0.25) is 0 Å². The molecular weight excluding hydrogens is 358 g/mol. The normalized spacial score (nSPS) is 34.8. The highest BCUT2D eigenvalue weighted by atomic mass is 16.3. The van der Waals surface area contributed by atoms with Crippen molar-refractivity contribution in [3.8, 4) is 11.8 Å². The zero-order valence-corrected chi connectivity index (χ0v) is 19.1. The maximum Gasteiger partial charge on any atom is 0.0811 e. The zero-order chi connectivity index (χ0) is 21.8. The van der Waals surface area contributed by atoms with Crippen LogP contribution in [0.4, 0.5) is 0 Å². The second-order valence-electron chi connectivity index (χ2n) is 10.3. The average molecular weight is 400 g/mol. The topological polar surface area (TPSA) is 66.5 Å². The van der Waals surface area contributed by atoms with Gasteiger partial charge in [-0.25, -0.2) is 0 Å². The molecule has 0 heterocycles. The van der Waals surface area contributed by atoms with Crippen molar-refractivity contribution in [2.24, 2.45) is 23.0 Å². The van der Waals surface area contributed by atoms with Gasteiger partial charge in [0.15, 0.2) is 0 Å². The van der Waals surface area contributed by atoms with Crippen LogP contribution in [0.3, 0.4) is 0 Å². The molecule has 162 valence electrons. The fourth-order valence-electron chi connectivity index (χ4n) is 4.87. The minimum atomic E-state index is -0.627. The van der Waals surface area contributed by atoms with Gasteiger partial charge in [-0.3, -0.25) is 0 Å². The van der Waals surface area contributed by atoms with Crippen molar-refractivity contribution < 1.29 is 10.2 Å². The Balaban J connectivity index is 2.09. The maximum absolute atomic E-state index is 10.1. The second kappa shape index (κ2) is 9.65. The van der Waals surface area contributed by atoms with Gasteiger partial charge < -0.3 is 15.9 Å². The summed E-state index contributed by atoms with van der Waals surface area (Å²) in [4.78, 5) is 0. The highest BCUT2D eigenvalue weighted by Gasteiger charge is 2.37. The van der Waals surface area contributed by atoms with E-state index in [2.05, 4.69) is 51.3 Å². The Labute approximate surface area is 178 Å². The molecule has 0 aliphatic heterocycles. The van der Waals surface area contributed by atoms with E-state index in [1.165, 1.54) is 18.4 Å². The van der Waals surface area contributed by atoms with Gasteiger partial charge in [-0.15, -0.1) is 5.92 Å². The molecule has 2 fully saturated rings. The molecule has 2 rings (SSSR count). The molecule has 0 saturated heterocycles. The van der Waals surface area contributed by atoms with E-state index < -0.39 is 17.7 Å². The quantitative estimate of drug-likeness (QED) is 0.589. The van der Waals surface area contributed by atoms with Crippen LogP contribution in [0.25, 0.3) is 0 Å². The second-order valence-corrected chi connectivity index (χ2v) is 10.3. The lowest BCUT2D eigenvalue weighted by Gasteiger charge is -2.43. The predicted molar refractivity (Wildman–Crippen MR) is 122 cm³/mol. The van der Waals surface area contributed by atoms with E-state index >= 15 is 0 Å². The summed E-state index contributed by atoms with van der Waals surface area (Å²) in [5.41, 5.74) is 9.03. The van der Waals surface area contributed by atoms with Gasteiger partial charge in [0.1, 0.15) is 0 Å². The standard InChI is InChI=1S/C26H41NO2/c1-18(9-7-13-25(4,5)27)17-26(6)14-8-10-21(20(26)3)11-12-22-15-23(28)16-24(29)19(22)2/h11-12,18,20,23-24,28-29H,2,8-10,14-17,27H2,1,3-6H3/b21-11+,22-12-/t18-,20?,23+,24-,26+/m0/s1. The molecule has 0 aromatic carbocycles. The van der Waals surface area contributed by atoms with Crippen molar-refractivity contribution in [2.45, 2.75) is 97.3 Å². The van der Waals surface area contributed by atoms with Crippen molar-refractivity contribution in [2.75, 3.05) is 0 Å². The Morgan fingerprint density at radius 2 is 2.03 bits per heavy atom. The number of aliphatic hydroxyl groups is 2. The lowest BCUT2D eigenvalue weighted by atomic mass is 9.62. The molecule has 0 amide bonds. The maximum atomic E-state index is 10.1. The molecular formula is C26H41NO2. The van der Waals surface area contributed by atoms with Gasteiger partial charge in [0, 0.05) is 12.8 Å². The molecule has 2 aliphatic rings. The van der Waals surface area contributed by atoms with E-state index in [0.29, 0.717) is 24.7 Å².